The molecule has 0 saturated carbocycles. The number of likely N-dealkylation sites (N-methyl/N-ethyl adjacent to an activating group) is 1. The number of likely N-dealkylation sites (tertiary alicyclic amines) is 1. The lowest BCUT2D eigenvalue weighted by molar-refractivity contribution is -0.127. The van der Waals surface area contributed by atoms with Gasteiger partial charge in [-0.05, 0) is 50.0 Å². The van der Waals surface area contributed by atoms with Crippen LogP contribution < -0.4 is 5.32 Å². The summed E-state index contributed by atoms with van der Waals surface area (Å²) >= 11 is 0. The van der Waals surface area contributed by atoms with Crippen LogP contribution in [0.25, 0.3) is 0 Å². The minimum absolute atomic E-state index is 0.00126. The Bertz CT molecular complexity index is 626. The molecule has 1 atom stereocenters. The van der Waals surface area contributed by atoms with E-state index in [1.165, 1.54) is 12.7 Å². The van der Waals surface area contributed by atoms with Crippen molar-refractivity contribution in [3.05, 3.63) is 29.8 Å². The number of sulfone groups is 1. The maximum absolute atomic E-state index is 12.3. The highest BCUT2D eigenvalue weighted by Crippen LogP contribution is 2.16. The van der Waals surface area contributed by atoms with Gasteiger partial charge in [-0.15, -0.1) is 0 Å². The van der Waals surface area contributed by atoms with E-state index in [0.29, 0.717) is 17.9 Å². The van der Waals surface area contributed by atoms with Gasteiger partial charge in [0.15, 0.2) is 9.84 Å². The van der Waals surface area contributed by atoms with E-state index in [1.807, 2.05) is 12.1 Å². The monoisotopic (exact) mass is 338 g/mol. The minimum atomic E-state index is -3.15. The van der Waals surface area contributed by atoms with Gasteiger partial charge in [0, 0.05) is 12.8 Å². The van der Waals surface area contributed by atoms with E-state index < -0.39 is 9.84 Å². The highest BCUT2D eigenvalue weighted by molar-refractivity contribution is 7.90. The zero-order valence-corrected chi connectivity index (χ0v) is 14.7. The molecule has 1 N–H and O–H groups in total. The van der Waals surface area contributed by atoms with Gasteiger partial charge in [0.2, 0.25) is 5.91 Å². The van der Waals surface area contributed by atoms with Crippen molar-refractivity contribution in [1.82, 2.24) is 10.2 Å². The van der Waals surface area contributed by atoms with Crippen molar-refractivity contribution >= 4 is 15.7 Å². The number of carbonyl (C=O) groups excluding carboxylic acids is 1. The van der Waals surface area contributed by atoms with Crippen molar-refractivity contribution in [3.63, 3.8) is 0 Å². The van der Waals surface area contributed by atoms with Gasteiger partial charge < -0.3 is 5.32 Å². The smallest absolute Gasteiger partial charge is 0.237 e. The Morgan fingerprint density at radius 2 is 1.96 bits per heavy atom. The van der Waals surface area contributed by atoms with Crippen LogP contribution in [0.3, 0.4) is 0 Å². The van der Waals surface area contributed by atoms with Crippen LogP contribution in [-0.2, 0) is 21.1 Å². The summed E-state index contributed by atoms with van der Waals surface area (Å²) in [5, 5.41) is 3.01. The molecule has 0 spiro atoms. The summed E-state index contributed by atoms with van der Waals surface area (Å²) < 4.78 is 22.8. The third-order valence-electron chi connectivity index (χ3n) is 4.39. The van der Waals surface area contributed by atoms with E-state index in [2.05, 4.69) is 17.1 Å². The van der Waals surface area contributed by atoms with Crippen LogP contribution in [0.2, 0.25) is 0 Å². The standard InChI is InChI=1S/C17H26N2O3S/c1-3-19-13-5-4-6-16(19)17(20)18-12-11-14-7-9-15(10-8-14)23(2,21)22/h7-10,16H,3-6,11-13H2,1-2H3,(H,18,20). The zero-order chi connectivity index (χ0) is 16.9. The van der Waals surface area contributed by atoms with E-state index in [-0.39, 0.29) is 11.9 Å². The summed E-state index contributed by atoms with van der Waals surface area (Å²) in [5.74, 6) is 0.110. The Balaban J connectivity index is 1.83. The predicted molar refractivity (Wildman–Crippen MR) is 91.2 cm³/mol. The van der Waals surface area contributed by atoms with Crippen LogP contribution in [-0.4, -0.2) is 51.2 Å². The molecular weight excluding hydrogens is 312 g/mol. The van der Waals surface area contributed by atoms with Crippen LogP contribution in [0.4, 0.5) is 0 Å². The Kier molecular flexibility index (Phi) is 6.18. The van der Waals surface area contributed by atoms with Gasteiger partial charge >= 0.3 is 0 Å². The van der Waals surface area contributed by atoms with Crippen molar-refractivity contribution < 1.29 is 13.2 Å². The van der Waals surface area contributed by atoms with Crippen LogP contribution in [0.5, 0.6) is 0 Å². The van der Waals surface area contributed by atoms with Gasteiger partial charge in [0.1, 0.15) is 0 Å². The number of nitrogens with zero attached hydrogens (tertiary/aromatic N) is 1. The van der Waals surface area contributed by atoms with E-state index in [4.69, 9.17) is 0 Å². The molecule has 0 aliphatic carbocycles. The molecule has 5 nitrogen and oxygen atoms in total. The Labute approximate surface area is 139 Å². The number of nitrogens with one attached hydrogen (secondary N) is 1. The zero-order valence-electron chi connectivity index (χ0n) is 13.9. The van der Waals surface area contributed by atoms with E-state index in [0.717, 1.165) is 31.5 Å². The largest absolute Gasteiger partial charge is 0.354 e. The molecule has 0 aromatic heterocycles. The van der Waals surface area contributed by atoms with Crippen molar-refractivity contribution in [3.8, 4) is 0 Å². The molecule has 1 fully saturated rings. The number of hydrogen-bond acceptors (Lipinski definition) is 4. The van der Waals surface area contributed by atoms with Gasteiger partial charge in [-0.1, -0.05) is 25.5 Å². The average Bonchev–Trinajstić information content (AvgIpc) is 2.54. The van der Waals surface area contributed by atoms with Crippen LogP contribution in [0, 0.1) is 0 Å². The highest BCUT2D eigenvalue weighted by atomic mass is 32.2. The molecule has 1 aliphatic heterocycles. The molecule has 1 aromatic carbocycles. The lowest BCUT2D eigenvalue weighted by Crippen LogP contribution is -2.49. The quantitative estimate of drug-likeness (QED) is 0.856. The molecule has 6 heteroatoms. The van der Waals surface area contributed by atoms with Crippen molar-refractivity contribution in [2.45, 2.75) is 43.5 Å². The number of benzene rings is 1. The summed E-state index contributed by atoms with van der Waals surface area (Å²) in [4.78, 5) is 14.9. The molecule has 23 heavy (non-hydrogen) atoms. The minimum Gasteiger partial charge on any atom is -0.354 e. The number of piperidine rings is 1. The number of hydrogen-bond donors (Lipinski definition) is 1. The Morgan fingerprint density at radius 3 is 2.57 bits per heavy atom. The highest BCUT2D eigenvalue weighted by Gasteiger charge is 2.26. The fourth-order valence-corrected chi connectivity index (χ4v) is 3.65. The van der Waals surface area contributed by atoms with E-state index in [1.54, 1.807) is 12.1 Å². The van der Waals surface area contributed by atoms with Gasteiger partial charge in [0.25, 0.3) is 0 Å². The Morgan fingerprint density at radius 1 is 1.26 bits per heavy atom. The van der Waals surface area contributed by atoms with Crippen molar-refractivity contribution in [2.75, 3.05) is 25.9 Å². The first-order chi connectivity index (χ1) is 10.9. The lowest BCUT2D eigenvalue weighted by Gasteiger charge is -2.33. The first kappa shape index (κ1) is 17.9. The molecule has 1 unspecified atom stereocenters. The molecule has 128 valence electrons. The second-order valence-electron chi connectivity index (χ2n) is 6.10. The summed E-state index contributed by atoms with van der Waals surface area (Å²) in [6, 6.07) is 6.85. The second-order valence-corrected chi connectivity index (χ2v) is 8.11. The van der Waals surface area contributed by atoms with Crippen LogP contribution in [0.1, 0.15) is 31.7 Å². The summed E-state index contributed by atoms with van der Waals surface area (Å²) in [5.41, 5.74) is 1.02. The number of amides is 1. The van der Waals surface area contributed by atoms with Crippen molar-refractivity contribution in [1.29, 1.82) is 0 Å². The van der Waals surface area contributed by atoms with E-state index in [9.17, 15) is 13.2 Å². The molecule has 0 radical (unpaired) electrons. The van der Waals surface area contributed by atoms with Crippen LogP contribution >= 0.6 is 0 Å². The molecule has 2 rings (SSSR count). The maximum Gasteiger partial charge on any atom is 0.237 e. The van der Waals surface area contributed by atoms with Gasteiger partial charge in [-0.2, -0.15) is 0 Å². The third-order valence-corrected chi connectivity index (χ3v) is 5.52. The lowest BCUT2D eigenvalue weighted by atomic mass is 10.0. The SMILES string of the molecule is CCN1CCCCC1C(=O)NCCc1ccc(S(C)(=O)=O)cc1. The molecule has 1 amide bonds. The van der Waals surface area contributed by atoms with Gasteiger partial charge in [0.05, 0.1) is 10.9 Å². The normalized spacial score (nSPS) is 19.5. The molecular formula is C17H26N2O3S. The molecule has 1 aliphatic rings. The first-order valence-corrected chi connectivity index (χ1v) is 10.1. The number of rotatable bonds is 6. The van der Waals surface area contributed by atoms with Gasteiger partial charge in [-0.3, -0.25) is 9.69 Å². The first-order valence-electron chi connectivity index (χ1n) is 8.22. The maximum atomic E-state index is 12.3. The topological polar surface area (TPSA) is 66.5 Å². The summed E-state index contributed by atoms with van der Waals surface area (Å²) in [7, 11) is -3.15. The average molecular weight is 338 g/mol. The second kappa shape index (κ2) is 7.93. The Hall–Kier alpha value is -1.40. The van der Waals surface area contributed by atoms with E-state index >= 15 is 0 Å². The summed E-state index contributed by atoms with van der Waals surface area (Å²) in [6.07, 6.45) is 5.12. The van der Waals surface area contributed by atoms with Crippen molar-refractivity contribution in [2.24, 2.45) is 0 Å². The summed E-state index contributed by atoms with van der Waals surface area (Å²) in [6.45, 7) is 4.58. The van der Waals surface area contributed by atoms with Gasteiger partial charge in [-0.25, -0.2) is 8.42 Å². The van der Waals surface area contributed by atoms with Crippen LogP contribution in [0.15, 0.2) is 29.2 Å². The molecule has 0 bridgehead atoms. The fourth-order valence-electron chi connectivity index (χ4n) is 3.02. The fraction of sp³-hybridized carbons (Fsp3) is 0.588. The molecule has 1 heterocycles. The predicted octanol–water partition coefficient (Wildman–Crippen LogP) is 1.62. The number of carbonyl (C=O) groups is 1. The molecule has 1 saturated heterocycles. The third kappa shape index (κ3) is 5.04. The molecule has 1 aromatic rings.